The van der Waals surface area contributed by atoms with Gasteiger partial charge in [-0.25, -0.2) is 4.98 Å². The molecular formula is C15H17ClN2O2S. The van der Waals surface area contributed by atoms with Crippen molar-refractivity contribution < 1.29 is 9.90 Å². The van der Waals surface area contributed by atoms with Gasteiger partial charge < -0.3 is 9.67 Å². The van der Waals surface area contributed by atoms with E-state index in [-0.39, 0.29) is 17.6 Å². The molecule has 0 radical (unpaired) electrons. The number of ketones is 1. The standard InChI is InChI=1S/C15H17ClN2O2S/c1-3-13(14(20)10-4-6-11(16)7-5-10)21-15-17-8-12(9-19)18(15)2/h4-8,13,19H,3,9H2,1-2H3/t13-/m1/s1. The molecule has 1 heterocycles. The van der Waals surface area contributed by atoms with Crippen molar-refractivity contribution in [2.45, 2.75) is 30.4 Å². The second-order valence-corrected chi connectivity index (χ2v) is 6.24. The van der Waals surface area contributed by atoms with E-state index in [2.05, 4.69) is 4.98 Å². The third kappa shape index (κ3) is 3.67. The van der Waals surface area contributed by atoms with Gasteiger partial charge in [-0.1, -0.05) is 30.3 Å². The van der Waals surface area contributed by atoms with E-state index in [0.29, 0.717) is 17.0 Å². The normalized spacial score (nSPS) is 12.4. The number of Topliss-reactive ketones (excluding diaryl/α,β-unsaturated/α-hetero) is 1. The zero-order chi connectivity index (χ0) is 15.4. The molecule has 2 aromatic rings. The Kier molecular flexibility index (Phi) is 5.45. The van der Waals surface area contributed by atoms with Gasteiger partial charge >= 0.3 is 0 Å². The van der Waals surface area contributed by atoms with Crippen molar-refractivity contribution in [3.8, 4) is 0 Å². The molecule has 0 saturated heterocycles. The molecule has 0 fully saturated rings. The molecule has 0 saturated carbocycles. The molecule has 0 aliphatic heterocycles. The van der Waals surface area contributed by atoms with E-state index in [9.17, 15) is 9.90 Å². The maximum Gasteiger partial charge on any atom is 0.176 e. The largest absolute Gasteiger partial charge is 0.390 e. The lowest BCUT2D eigenvalue weighted by atomic mass is 10.1. The Morgan fingerprint density at radius 3 is 2.62 bits per heavy atom. The lowest BCUT2D eigenvalue weighted by Crippen LogP contribution is -2.17. The third-order valence-electron chi connectivity index (χ3n) is 3.24. The molecule has 112 valence electrons. The van der Waals surface area contributed by atoms with Crippen LogP contribution in [-0.2, 0) is 13.7 Å². The quantitative estimate of drug-likeness (QED) is 0.654. The summed E-state index contributed by atoms with van der Waals surface area (Å²) >= 11 is 7.26. The van der Waals surface area contributed by atoms with Crippen LogP contribution in [0, 0.1) is 0 Å². The van der Waals surface area contributed by atoms with Crippen molar-refractivity contribution in [1.29, 1.82) is 0 Å². The molecule has 1 aromatic carbocycles. The van der Waals surface area contributed by atoms with Crippen molar-refractivity contribution in [2.75, 3.05) is 0 Å². The number of thioether (sulfide) groups is 1. The van der Waals surface area contributed by atoms with Crippen molar-refractivity contribution >= 4 is 29.1 Å². The highest BCUT2D eigenvalue weighted by molar-refractivity contribution is 8.00. The topological polar surface area (TPSA) is 55.1 Å². The summed E-state index contributed by atoms with van der Waals surface area (Å²) in [6.07, 6.45) is 2.33. The Balaban J connectivity index is 2.17. The van der Waals surface area contributed by atoms with Crippen LogP contribution in [0.25, 0.3) is 0 Å². The highest BCUT2D eigenvalue weighted by Crippen LogP contribution is 2.27. The average molecular weight is 325 g/mol. The first-order chi connectivity index (χ1) is 10.1. The van der Waals surface area contributed by atoms with E-state index < -0.39 is 0 Å². The molecule has 4 nitrogen and oxygen atoms in total. The number of halogens is 1. The summed E-state index contributed by atoms with van der Waals surface area (Å²) in [4.78, 5) is 16.8. The molecule has 6 heteroatoms. The molecule has 21 heavy (non-hydrogen) atoms. The van der Waals surface area contributed by atoms with Gasteiger partial charge in [-0.2, -0.15) is 0 Å². The first-order valence-electron chi connectivity index (χ1n) is 6.64. The number of carbonyl (C=O) groups is 1. The molecule has 0 aliphatic carbocycles. The first-order valence-corrected chi connectivity index (χ1v) is 7.90. The highest BCUT2D eigenvalue weighted by Gasteiger charge is 2.22. The number of aromatic nitrogens is 2. The van der Waals surface area contributed by atoms with E-state index in [4.69, 9.17) is 11.6 Å². The second kappa shape index (κ2) is 7.11. The monoisotopic (exact) mass is 324 g/mol. The Bertz CT molecular complexity index is 625. The Morgan fingerprint density at radius 2 is 2.10 bits per heavy atom. The smallest absolute Gasteiger partial charge is 0.176 e. The summed E-state index contributed by atoms with van der Waals surface area (Å²) in [6.45, 7) is 1.91. The van der Waals surface area contributed by atoms with Crippen LogP contribution in [-0.4, -0.2) is 25.7 Å². The molecule has 2 rings (SSSR count). The molecule has 0 spiro atoms. The van der Waals surface area contributed by atoms with Crippen LogP contribution in [0.3, 0.4) is 0 Å². The van der Waals surface area contributed by atoms with Crippen LogP contribution < -0.4 is 0 Å². The zero-order valence-corrected chi connectivity index (χ0v) is 13.5. The predicted octanol–water partition coefficient (Wildman–Crippen LogP) is 3.32. The first kappa shape index (κ1) is 16.1. The van der Waals surface area contributed by atoms with Gasteiger partial charge in [0.05, 0.1) is 23.7 Å². The predicted molar refractivity (Wildman–Crippen MR) is 84.8 cm³/mol. The molecular weight excluding hydrogens is 308 g/mol. The number of aliphatic hydroxyl groups is 1. The van der Waals surface area contributed by atoms with Crippen molar-refractivity contribution in [3.63, 3.8) is 0 Å². The number of benzene rings is 1. The summed E-state index contributed by atoms with van der Waals surface area (Å²) in [5.74, 6) is 0.0627. The van der Waals surface area contributed by atoms with E-state index in [1.165, 1.54) is 11.8 Å². The summed E-state index contributed by atoms with van der Waals surface area (Å²) < 4.78 is 1.81. The molecule has 0 bridgehead atoms. The second-order valence-electron chi connectivity index (χ2n) is 4.64. The van der Waals surface area contributed by atoms with Crippen molar-refractivity contribution in [3.05, 3.63) is 46.7 Å². The number of rotatable bonds is 6. The molecule has 0 aliphatic rings. The number of carbonyl (C=O) groups excluding carboxylic acids is 1. The molecule has 1 N–H and O–H groups in total. The third-order valence-corrected chi connectivity index (χ3v) is 4.92. The zero-order valence-electron chi connectivity index (χ0n) is 11.9. The van der Waals surface area contributed by atoms with E-state index in [1.54, 1.807) is 30.5 Å². The summed E-state index contributed by atoms with van der Waals surface area (Å²) in [6, 6.07) is 6.92. The van der Waals surface area contributed by atoms with Gasteiger partial charge in [0.1, 0.15) is 0 Å². The van der Waals surface area contributed by atoms with Crippen molar-refractivity contribution in [2.24, 2.45) is 7.05 Å². The van der Waals surface area contributed by atoms with Gasteiger partial charge in [0.25, 0.3) is 0 Å². The maximum absolute atomic E-state index is 12.5. The van der Waals surface area contributed by atoms with Gasteiger partial charge in [-0.15, -0.1) is 0 Å². The molecule has 0 unspecified atom stereocenters. The Hall–Kier alpha value is -1.30. The van der Waals surface area contributed by atoms with Gasteiger partial charge in [0.15, 0.2) is 10.9 Å². The van der Waals surface area contributed by atoms with E-state index in [1.807, 2.05) is 18.5 Å². The maximum atomic E-state index is 12.5. The molecule has 0 amide bonds. The van der Waals surface area contributed by atoms with Crippen LogP contribution in [0.5, 0.6) is 0 Å². The van der Waals surface area contributed by atoms with Crippen molar-refractivity contribution in [1.82, 2.24) is 9.55 Å². The van der Waals surface area contributed by atoms with Gasteiger partial charge in [0.2, 0.25) is 0 Å². The van der Waals surface area contributed by atoms with Crippen LogP contribution in [0.4, 0.5) is 0 Å². The lowest BCUT2D eigenvalue weighted by molar-refractivity contribution is 0.0988. The van der Waals surface area contributed by atoms with Crippen LogP contribution in [0.15, 0.2) is 35.6 Å². The van der Waals surface area contributed by atoms with Gasteiger partial charge in [-0.05, 0) is 30.7 Å². The number of aliphatic hydroxyl groups excluding tert-OH is 1. The minimum Gasteiger partial charge on any atom is -0.390 e. The fraction of sp³-hybridized carbons (Fsp3) is 0.333. The van der Waals surface area contributed by atoms with Crippen LogP contribution in [0.2, 0.25) is 5.02 Å². The van der Waals surface area contributed by atoms with Crippen LogP contribution in [0.1, 0.15) is 29.4 Å². The number of hydrogen-bond acceptors (Lipinski definition) is 4. The minimum atomic E-state index is -0.209. The van der Waals surface area contributed by atoms with Crippen LogP contribution >= 0.6 is 23.4 Å². The SMILES string of the molecule is CC[C@@H](Sc1ncc(CO)n1C)C(=O)c1ccc(Cl)cc1. The highest BCUT2D eigenvalue weighted by atomic mass is 35.5. The molecule has 1 atom stereocenters. The summed E-state index contributed by atoms with van der Waals surface area (Å²) in [5.41, 5.74) is 1.38. The summed E-state index contributed by atoms with van der Waals surface area (Å²) in [7, 11) is 1.83. The number of hydrogen-bond donors (Lipinski definition) is 1. The van der Waals surface area contributed by atoms with Gasteiger partial charge in [-0.3, -0.25) is 4.79 Å². The minimum absolute atomic E-state index is 0.0627. The van der Waals surface area contributed by atoms with E-state index in [0.717, 1.165) is 10.9 Å². The fourth-order valence-electron chi connectivity index (χ4n) is 1.93. The lowest BCUT2D eigenvalue weighted by Gasteiger charge is -2.13. The average Bonchev–Trinajstić information content (AvgIpc) is 2.85. The molecule has 1 aromatic heterocycles. The number of imidazole rings is 1. The Labute approximate surface area is 133 Å². The summed E-state index contributed by atoms with van der Waals surface area (Å²) in [5, 5.41) is 10.3. The number of nitrogens with zero attached hydrogens (tertiary/aromatic N) is 2. The fourth-order valence-corrected chi connectivity index (χ4v) is 3.11. The Morgan fingerprint density at radius 1 is 1.43 bits per heavy atom. The van der Waals surface area contributed by atoms with Gasteiger partial charge in [0, 0.05) is 17.6 Å². The van der Waals surface area contributed by atoms with E-state index >= 15 is 0 Å².